The summed E-state index contributed by atoms with van der Waals surface area (Å²) < 4.78 is 0. The van der Waals surface area contributed by atoms with Crippen molar-refractivity contribution in [2.75, 3.05) is 13.1 Å². The van der Waals surface area contributed by atoms with Crippen molar-refractivity contribution in [3.05, 3.63) is 29.0 Å². The molecule has 0 spiro atoms. The van der Waals surface area contributed by atoms with Crippen LogP contribution in [-0.4, -0.2) is 40.8 Å². The van der Waals surface area contributed by atoms with Crippen LogP contribution in [-0.2, 0) is 4.79 Å². The van der Waals surface area contributed by atoms with Gasteiger partial charge in [-0.1, -0.05) is 17.7 Å². The first-order valence-corrected chi connectivity index (χ1v) is 7.73. The van der Waals surface area contributed by atoms with Crippen LogP contribution >= 0.6 is 11.6 Å². The Kier molecular flexibility index (Phi) is 4.10. The van der Waals surface area contributed by atoms with Crippen LogP contribution in [0.2, 0.25) is 5.15 Å². The number of pyridine rings is 1. The lowest BCUT2D eigenvalue weighted by atomic mass is 10.0. The molecule has 3 rings (SSSR count). The number of rotatable bonds is 3. The van der Waals surface area contributed by atoms with Crippen LogP contribution in [0.1, 0.15) is 36.2 Å². The number of nitrogens with one attached hydrogen (secondary N) is 1. The topological polar surface area (TPSA) is 62.3 Å². The molecule has 2 aliphatic rings. The molecule has 1 aliphatic heterocycles. The Hall–Kier alpha value is -1.62. The highest BCUT2D eigenvalue weighted by Crippen LogP contribution is 2.29. The van der Waals surface area contributed by atoms with Gasteiger partial charge >= 0.3 is 0 Å². The molecule has 0 atom stereocenters. The molecular weight excluding hydrogens is 290 g/mol. The Morgan fingerprint density at radius 3 is 2.52 bits per heavy atom. The third-order valence-electron chi connectivity index (χ3n) is 4.01. The van der Waals surface area contributed by atoms with Gasteiger partial charge in [0, 0.05) is 25.0 Å². The van der Waals surface area contributed by atoms with E-state index in [9.17, 15) is 9.59 Å². The fourth-order valence-electron chi connectivity index (χ4n) is 2.58. The van der Waals surface area contributed by atoms with E-state index in [1.807, 2.05) is 0 Å². The molecule has 1 aromatic heterocycles. The lowest BCUT2D eigenvalue weighted by Crippen LogP contribution is -2.47. The number of nitrogens with zero attached hydrogens (tertiary/aromatic N) is 2. The second-order valence-electron chi connectivity index (χ2n) is 5.69. The Bertz CT molecular complexity index is 552. The molecule has 0 aromatic carbocycles. The highest BCUT2D eigenvalue weighted by molar-refractivity contribution is 6.29. The maximum atomic E-state index is 12.3. The van der Waals surface area contributed by atoms with E-state index in [4.69, 9.17) is 11.6 Å². The molecule has 2 amide bonds. The standard InChI is InChI=1S/C15H18ClN3O2/c16-13-3-1-2-12(18-13)15(21)19-8-6-11(7-9-19)17-14(20)10-4-5-10/h1-3,10-11H,4-9H2,(H,17,20). The molecular formula is C15H18ClN3O2. The van der Waals surface area contributed by atoms with Gasteiger partial charge < -0.3 is 10.2 Å². The van der Waals surface area contributed by atoms with Crippen molar-refractivity contribution in [1.82, 2.24) is 15.2 Å². The first-order valence-electron chi connectivity index (χ1n) is 7.35. The first kappa shape index (κ1) is 14.3. The van der Waals surface area contributed by atoms with Crippen LogP contribution < -0.4 is 5.32 Å². The molecule has 0 radical (unpaired) electrons. The summed E-state index contributed by atoms with van der Waals surface area (Å²) in [4.78, 5) is 29.9. The maximum Gasteiger partial charge on any atom is 0.272 e. The third kappa shape index (κ3) is 3.53. The minimum atomic E-state index is -0.0931. The molecule has 112 valence electrons. The van der Waals surface area contributed by atoms with Gasteiger partial charge in [-0.2, -0.15) is 0 Å². The number of halogens is 1. The minimum absolute atomic E-state index is 0.0931. The summed E-state index contributed by atoms with van der Waals surface area (Å²) in [6.07, 6.45) is 3.63. The van der Waals surface area contributed by atoms with E-state index in [-0.39, 0.29) is 23.8 Å². The van der Waals surface area contributed by atoms with Crippen LogP contribution in [0.4, 0.5) is 0 Å². The fourth-order valence-corrected chi connectivity index (χ4v) is 2.74. The summed E-state index contributed by atoms with van der Waals surface area (Å²) in [6.45, 7) is 1.28. The molecule has 0 unspecified atom stereocenters. The number of hydrogen-bond donors (Lipinski definition) is 1. The molecule has 1 saturated heterocycles. The van der Waals surface area contributed by atoms with Gasteiger partial charge in [0.15, 0.2) is 0 Å². The van der Waals surface area contributed by atoms with Crippen LogP contribution in [0.3, 0.4) is 0 Å². The van der Waals surface area contributed by atoms with Crippen molar-refractivity contribution in [2.24, 2.45) is 5.92 Å². The number of aromatic nitrogens is 1. The average molecular weight is 308 g/mol. The molecule has 21 heavy (non-hydrogen) atoms. The van der Waals surface area contributed by atoms with Crippen molar-refractivity contribution < 1.29 is 9.59 Å². The van der Waals surface area contributed by atoms with Crippen LogP contribution in [0.5, 0.6) is 0 Å². The molecule has 1 saturated carbocycles. The minimum Gasteiger partial charge on any atom is -0.353 e. The smallest absolute Gasteiger partial charge is 0.272 e. The van der Waals surface area contributed by atoms with Crippen molar-refractivity contribution in [1.29, 1.82) is 0 Å². The summed E-state index contributed by atoms with van der Waals surface area (Å²) >= 11 is 5.81. The van der Waals surface area contributed by atoms with Gasteiger partial charge in [-0.05, 0) is 37.8 Å². The number of amides is 2. The van der Waals surface area contributed by atoms with E-state index >= 15 is 0 Å². The number of carbonyl (C=O) groups excluding carboxylic acids is 2. The van der Waals surface area contributed by atoms with Gasteiger partial charge in [0.25, 0.3) is 5.91 Å². The van der Waals surface area contributed by atoms with Gasteiger partial charge in [-0.3, -0.25) is 9.59 Å². The van der Waals surface area contributed by atoms with Gasteiger partial charge in [0.05, 0.1) is 0 Å². The lowest BCUT2D eigenvalue weighted by Gasteiger charge is -2.32. The second-order valence-corrected chi connectivity index (χ2v) is 6.08. The van der Waals surface area contributed by atoms with E-state index in [1.54, 1.807) is 23.1 Å². The first-order chi connectivity index (χ1) is 10.1. The average Bonchev–Trinajstić information content (AvgIpc) is 3.32. The van der Waals surface area contributed by atoms with Crippen molar-refractivity contribution >= 4 is 23.4 Å². The van der Waals surface area contributed by atoms with Crippen LogP contribution in [0, 0.1) is 5.92 Å². The van der Waals surface area contributed by atoms with E-state index in [0.29, 0.717) is 23.9 Å². The van der Waals surface area contributed by atoms with Crippen molar-refractivity contribution in [2.45, 2.75) is 31.7 Å². The molecule has 0 bridgehead atoms. The van der Waals surface area contributed by atoms with Gasteiger partial charge in [-0.15, -0.1) is 0 Å². The second kappa shape index (κ2) is 6.02. The molecule has 5 nitrogen and oxygen atoms in total. The van der Waals surface area contributed by atoms with E-state index in [2.05, 4.69) is 10.3 Å². The van der Waals surface area contributed by atoms with E-state index in [0.717, 1.165) is 25.7 Å². The van der Waals surface area contributed by atoms with Gasteiger partial charge in [0.2, 0.25) is 5.91 Å². The number of likely N-dealkylation sites (tertiary alicyclic amines) is 1. The molecule has 1 aromatic rings. The van der Waals surface area contributed by atoms with Crippen molar-refractivity contribution in [3.63, 3.8) is 0 Å². The van der Waals surface area contributed by atoms with Crippen LogP contribution in [0.25, 0.3) is 0 Å². The normalized spacial score (nSPS) is 19.4. The number of carbonyl (C=O) groups is 2. The fraction of sp³-hybridized carbons (Fsp3) is 0.533. The SMILES string of the molecule is O=C(NC1CCN(C(=O)c2cccc(Cl)n2)CC1)C1CC1. The Morgan fingerprint density at radius 1 is 1.19 bits per heavy atom. The van der Waals surface area contributed by atoms with E-state index < -0.39 is 0 Å². The molecule has 6 heteroatoms. The molecule has 2 heterocycles. The maximum absolute atomic E-state index is 12.3. The molecule has 1 aliphatic carbocycles. The summed E-state index contributed by atoms with van der Waals surface area (Å²) in [6, 6.07) is 5.24. The monoisotopic (exact) mass is 307 g/mol. The summed E-state index contributed by atoms with van der Waals surface area (Å²) in [5.74, 6) is 0.320. The Labute approximate surface area is 128 Å². The number of piperidine rings is 1. The highest BCUT2D eigenvalue weighted by atomic mass is 35.5. The summed E-state index contributed by atoms with van der Waals surface area (Å²) in [5, 5.41) is 3.40. The molecule has 2 fully saturated rings. The third-order valence-corrected chi connectivity index (χ3v) is 4.22. The number of hydrogen-bond acceptors (Lipinski definition) is 3. The Morgan fingerprint density at radius 2 is 1.90 bits per heavy atom. The molecule has 1 N–H and O–H groups in total. The Balaban J connectivity index is 1.53. The van der Waals surface area contributed by atoms with Gasteiger partial charge in [0.1, 0.15) is 10.8 Å². The predicted molar refractivity (Wildman–Crippen MR) is 79.0 cm³/mol. The largest absolute Gasteiger partial charge is 0.353 e. The highest BCUT2D eigenvalue weighted by Gasteiger charge is 2.32. The van der Waals surface area contributed by atoms with Crippen LogP contribution in [0.15, 0.2) is 18.2 Å². The van der Waals surface area contributed by atoms with Crippen molar-refractivity contribution in [3.8, 4) is 0 Å². The zero-order chi connectivity index (χ0) is 14.8. The zero-order valence-corrected chi connectivity index (χ0v) is 12.5. The lowest BCUT2D eigenvalue weighted by molar-refractivity contribution is -0.123. The zero-order valence-electron chi connectivity index (χ0n) is 11.7. The quantitative estimate of drug-likeness (QED) is 0.867. The van der Waals surface area contributed by atoms with Gasteiger partial charge in [-0.25, -0.2) is 4.98 Å². The predicted octanol–water partition coefficient (Wildman–Crippen LogP) is 1.87. The summed E-state index contributed by atoms with van der Waals surface area (Å²) in [5.41, 5.74) is 0.378. The van der Waals surface area contributed by atoms with E-state index in [1.165, 1.54) is 0 Å². The summed E-state index contributed by atoms with van der Waals surface area (Å²) in [7, 11) is 0.